The largest absolute Gasteiger partial charge is 0.493 e. The molecular formula is C11H20N2O2. The highest BCUT2D eigenvalue weighted by Crippen LogP contribution is 2.24. The second-order valence-corrected chi connectivity index (χ2v) is 3.98. The van der Waals surface area contributed by atoms with Crippen molar-refractivity contribution >= 4 is 0 Å². The van der Waals surface area contributed by atoms with E-state index in [1.165, 1.54) is 4.57 Å². The van der Waals surface area contributed by atoms with Crippen LogP contribution in [0, 0.1) is 0 Å². The number of H-pyrrole nitrogens is 1. The minimum atomic E-state index is -0.198. The SMILES string of the molecule is CCCCn1c(O)c(C(C)CC)[nH]c1=O. The van der Waals surface area contributed by atoms with Crippen LogP contribution in [0.15, 0.2) is 4.79 Å². The molecule has 0 aliphatic rings. The summed E-state index contributed by atoms with van der Waals surface area (Å²) in [5.74, 6) is 0.309. The van der Waals surface area contributed by atoms with Crippen molar-refractivity contribution in [2.75, 3.05) is 0 Å². The lowest BCUT2D eigenvalue weighted by atomic mass is 10.1. The van der Waals surface area contributed by atoms with Crippen LogP contribution in [0.5, 0.6) is 5.88 Å². The van der Waals surface area contributed by atoms with Crippen molar-refractivity contribution in [2.45, 2.75) is 52.5 Å². The van der Waals surface area contributed by atoms with Crippen molar-refractivity contribution < 1.29 is 5.11 Å². The standard InChI is InChI=1S/C11H20N2O2/c1-4-6-7-13-10(14)9(8(3)5-2)12-11(13)15/h8,14H,4-7H2,1-3H3,(H,12,15). The number of aromatic nitrogens is 2. The quantitative estimate of drug-likeness (QED) is 0.786. The molecule has 0 aliphatic heterocycles. The van der Waals surface area contributed by atoms with Crippen LogP contribution in [0.4, 0.5) is 0 Å². The Kier molecular flexibility index (Phi) is 4.00. The van der Waals surface area contributed by atoms with Crippen molar-refractivity contribution in [3.63, 3.8) is 0 Å². The topological polar surface area (TPSA) is 58.0 Å². The van der Waals surface area contributed by atoms with Gasteiger partial charge in [-0.2, -0.15) is 0 Å². The molecule has 0 fully saturated rings. The molecule has 0 spiro atoms. The number of aromatic hydroxyl groups is 1. The Bertz CT molecular complexity index is 365. The molecule has 0 saturated carbocycles. The summed E-state index contributed by atoms with van der Waals surface area (Å²) in [6, 6.07) is 0. The van der Waals surface area contributed by atoms with E-state index in [0.29, 0.717) is 12.2 Å². The van der Waals surface area contributed by atoms with Gasteiger partial charge in [-0.05, 0) is 12.8 Å². The molecule has 1 atom stereocenters. The molecule has 0 radical (unpaired) electrons. The molecular weight excluding hydrogens is 192 g/mol. The molecule has 86 valence electrons. The fraction of sp³-hybridized carbons (Fsp3) is 0.727. The summed E-state index contributed by atoms with van der Waals surface area (Å²) in [7, 11) is 0. The van der Waals surface area contributed by atoms with Crippen LogP contribution in [-0.2, 0) is 6.54 Å². The van der Waals surface area contributed by atoms with Gasteiger partial charge in [-0.1, -0.05) is 27.2 Å². The summed E-state index contributed by atoms with van der Waals surface area (Å²) < 4.78 is 1.42. The Morgan fingerprint density at radius 3 is 2.67 bits per heavy atom. The molecule has 15 heavy (non-hydrogen) atoms. The maximum atomic E-state index is 11.5. The first-order chi connectivity index (χ1) is 7.11. The minimum absolute atomic E-state index is 0.114. The Morgan fingerprint density at radius 2 is 2.13 bits per heavy atom. The van der Waals surface area contributed by atoms with Gasteiger partial charge in [-0.3, -0.25) is 4.57 Å². The molecule has 4 heteroatoms. The van der Waals surface area contributed by atoms with Crippen molar-refractivity contribution in [1.82, 2.24) is 9.55 Å². The van der Waals surface area contributed by atoms with E-state index >= 15 is 0 Å². The third kappa shape index (κ3) is 2.43. The molecule has 1 unspecified atom stereocenters. The average molecular weight is 212 g/mol. The maximum Gasteiger partial charge on any atom is 0.328 e. The smallest absolute Gasteiger partial charge is 0.328 e. The van der Waals surface area contributed by atoms with Crippen molar-refractivity contribution in [3.8, 4) is 5.88 Å². The lowest BCUT2D eigenvalue weighted by molar-refractivity contribution is 0.399. The van der Waals surface area contributed by atoms with Crippen molar-refractivity contribution in [3.05, 3.63) is 16.2 Å². The number of hydrogen-bond acceptors (Lipinski definition) is 2. The molecule has 0 amide bonds. The van der Waals surface area contributed by atoms with Crippen molar-refractivity contribution in [2.24, 2.45) is 0 Å². The van der Waals surface area contributed by atoms with Gasteiger partial charge in [0, 0.05) is 12.5 Å². The van der Waals surface area contributed by atoms with Crippen LogP contribution in [0.25, 0.3) is 0 Å². The molecule has 0 aliphatic carbocycles. The second-order valence-electron chi connectivity index (χ2n) is 3.98. The fourth-order valence-corrected chi connectivity index (χ4v) is 1.55. The van der Waals surface area contributed by atoms with E-state index in [1.807, 2.05) is 13.8 Å². The molecule has 2 N–H and O–H groups in total. The van der Waals surface area contributed by atoms with Crippen LogP contribution < -0.4 is 5.69 Å². The van der Waals surface area contributed by atoms with Gasteiger partial charge in [-0.15, -0.1) is 0 Å². The molecule has 0 aromatic carbocycles. The van der Waals surface area contributed by atoms with E-state index in [4.69, 9.17) is 0 Å². The highest BCUT2D eigenvalue weighted by Gasteiger charge is 2.16. The van der Waals surface area contributed by atoms with Crippen LogP contribution in [0.1, 0.15) is 51.6 Å². The maximum absolute atomic E-state index is 11.5. The molecule has 1 heterocycles. The van der Waals surface area contributed by atoms with E-state index in [0.717, 1.165) is 19.3 Å². The predicted octanol–water partition coefficient (Wildman–Crippen LogP) is 2.20. The first-order valence-electron chi connectivity index (χ1n) is 5.63. The van der Waals surface area contributed by atoms with Gasteiger partial charge in [0.2, 0.25) is 5.88 Å². The van der Waals surface area contributed by atoms with Gasteiger partial charge in [0.05, 0.1) is 5.69 Å². The summed E-state index contributed by atoms with van der Waals surface area (Å²) in [4.78, 5) is 14.3. The van der Waals surface area contributed by atoms with E-state index in [9.17, 15) is 9.90 Å². The fourth-order valence-electron chi connectivity index (χ4n) is 1.55. The normalized spacial score (nSPS) is 13.0. The Labute approximate surface area is 89.9 Å². The van der Waals surface area contributed by atoms with Crippen LogP contribution >= 0.6 is 0 Å². The molecule has 1 aromatic heterocycles. The Balaban J connectivity index is 2.98. The van der Waals surface area contributed by atoms with E-state index < -0.39 is 0 Å². The van der Waals surface area contributed by atoms with Gasteiger partial charge in [0.25, 0.3) is 0 Å². The van der Waals surface area contributed by atoms with E-state index in [-0.39, 0.29) is 17.5 Å². The Hall–Kier alpha value is -1.19. The average Bonchev–Trinajstić information content (AvgIpc) is 2.51. The zero-order valence-electron chi connectivity index (χ0n) is 9.71. The molecule has 1 aromatic rings. The molecule has 4 nitrogen and oxygen atoms in total. The van der Waals surface area contributed by atoms with E-state index in [2.05, 4.69) is 11.9 Å². The summed E-state index contributed by atoms with van der Waals surface area (Å²) in [5, 5.41) is 9.87. The summed E-state index contributed by atoms with van der Waals surface area (Å²) in [6.07, 6.45) is 2.82. The number of unbranched alkanes of at least 4 members (excludes halogenated alkanes) is 1. The van der Waals surface area contributed by atoms with Gasteiger partial charge in [0.15, 0.2) is 0 Å². The van der Waals surface area contributed by atoms with E-state index in [1.54, 1.807) is 0 Å². The third-order valence-electron chi connectivity index (χ3n) is 2.82. The number of nitrogens with one attached hydrogen (secondary N) is 1. The highest BCUT2D eigenvalue weighted by atomic mass is 16.3. The number of nitrogens with zero attached hydrogens (tertiary/aromatic N) is 1. The molecule has 0 saturated heterocycles. The second kappa shape index (κ2) is 5.05. The minimum Gasteiger partial charge on any atom is -0.493 e. The molecule has 1 rings (SSSR count). The van der Waals surface area contributed by atoms with Gasteiger partial charge in [-0.25, -0.2) is 4.79 Å². The van der Waals surface area contributed by atoms with Crippen LogP contribution in [0.3, 0.4) is 0 Å². The first-order valence-corrected chi connectivity index (χ1v) is 5.63. The monoisotopic (exact) mass is 212 g/mol. The summed E-state index contributed by atoms with van der Waals surface area (Å²) in [6.45, 7) is 6.68. The highest BCUT2D eigenvalue weighted by molar-refractivity contribution is 5.22. The predicted molar refractivity (Wildman–Crippen MR) is 60.3 cm³/mol. The van der Waals surface area contributed by atoms with Gasteiger partial charge >= 0.3 is 5.69 Å². The summed E-state index contributed by atoms with van der Waals surface area (Å²) in [5.41, 5.74) is 0.467. The number of imidazole rings is 1. The lowest BCUT2D eigenvalue weighted by Gasteiger charge is -2.06. The zero-order valence-corrected chi connectivity index (χ0v) is 9.71. The first kappa shape index (κ1) is 11.9. The molecule has 0 bridgehead atoms. The van der Waals surface area contributed by atoms with Crippen LogP contribution in [0.2, 0.25) is 0 Å². The van der Waals surface area contributed by atoms with Crippen molar-refractivity contribution in [1.29, 1.82) is 0 Å². The number of aromatic amines is 1. The van der Waals surface area contributed by atoms with Gasteiger partial charge < -0.3 is 10.1 Å². The number of hydrogen-bond donors (Lipinski definition) is 2. The third-order valence-corrected chi connectivity index (χ3v) is 2.82. The van der Waals surface area contributed by atoms with Gasteiger partial charge in [0.1, 0.15) is 0 Å². The summed E-state index contributed by atoms with van der Waals surface area (Å²) >= 11 is 0. The zero-order chi connectivity index (χ0) is 11.4. The number of rotatable bonds is 5. The lowest BCUT2D eigenvalue weighted by Crippen LogP contribution is -2.16. The van der Waals surface area contributed by atoms with Crippen LogP contribution in [-0.4, -0.2) is 14.7 Å². The Morgan fingerprint density at radius 1 is 1.47 bits per heavy atom.